The summed E-state index contributed by atoms with van der Waals surface area (Å²) < 4.78 is 8.65. The third kappa shape index (κ3) is 3.34. The van der Waals surface area contributed by atoms with Gasteiger partial charge in [0.1, 0.15) is 17.9 Å². The van der Waals surface area contributed by atoms with E-state index in [1.807, 2.05) is 13.8 Å². The lowest BCUT2D eigenvalue weighted by atomic mass is 10.2. The Bertz CT molecular complexity index is 685. The maximum absolute atomic E-state index is 12.0. The van der Waals surface area contributed by atoms with Crippen LogP contribution in [0.5, 0.6) is 5.75 Å². The van der Waals surface area contributed by atoms with Crippen molar-refractivity contribution >= 4 is 5.97 Å². The molecular weight excluding hydrogens is 272 g/mol. The number of aromatic carboxylic acids is 1. The van der Waals surface area contributed by atoms with E-state index in [9.17, 15) is 9.59 Å². The summed E-state index contributed by atoms with van der Waals surface area (Å²) in [6.45, 7) is 4.47. The van der Waals surface area contributed by atoms with Crippen LogP contribution < -0.4 is 10.4 Å². The highest BCUT2D eigenvalue weighted by molar-refractivity contribution is 5.90. The molecule has 0 aliphatic carbocycles. The van der Waals surface area contributed by atoms with Gasteiger partial charge in [-0.3, -0.25) is 9.13 Å². The molecule has 0 radical (unpaired) electrons. The van der Waals surface area contributed by atoms with E-state index in [1.165, 1.54) is 6.07 Å². The van der Waals surface area contributed by atoms with Crippen molar-refractivity contribution in [2.24, 2.45) is 0 Å². The highest BCUT2D eigenvalue weighted by atomic mass is 16.5. The van der Waals surface area contributed by atoms with Crippen molar-refractivity contribution in [2.75, 3.05) is 6.61 Å². The maximum atomic E-state index is 12.0. The number of carbonyl (C=O) groups is 1. The third-order valence-corrected chi connectivity index (χ3v) is 3.14. The molecule has 6 nitrogen and oxygen atoms in total. The van der Waals surface area contributed by atoms with Crippen molar-refractivity contribution in [1.29, 1.82) is 0 Å². The van der Waals surface area contributed by atoms with Crippen molar-refractivity contribution in [3.63, 3.8) is 0 Å². The molecule has 0 bridgehead atoms. The lowest BCUT2D eigenvalue weighted by molar-refractivity contribution is 0.0692. The summed E-state index contributed by atoms with van der Waals surface area (Å²) in [6, 6.07) is 6.55. The molecule has 112 valence electrons. The normalized spacial score (nSPS) is 10.8. The Hall–Kier alpha value is -2.50. The first kappa shape index (κ1) is 14.9. The minimum atomic E-state index is -1.03. The van der Waals surface area contributed by atoms with Crippen LogP contribution in [0, 0.1) is 0 Å². The Morgan fingerprint density at radius 1 is 1.29 bits per heavy atom. The fraction of sp³-hybridized carbons (Fsp3) is 0.333. The van der Waals surface area contributed by atoms with Crippen LogP contribution >= 0.6 is 0 Å². The average molecular weight is 290 g/mol. The van der Waals surface area contributed by atoms with E-state index in [0.29, 0.717) is 12.3 Å². The van der Waals surface area contributed by atoms with Crippen LogP contribution in [-0.4, -0.2) is 26.8 Å². The number of benzene rings is 1. The van der Waals surface area contributed by atoms with E-state index in [-0.39, 0.29) is 23.9 Å². The van der Waals surface area contributed by atoms with Gasteiger partial charge in [-0.2, -0.15) is 0 Å². The Balaban J connectivity index is 2.03. The third-order valence-electron chi connectivity index (χ3n) is 3.14. The molecule has 0 spiro atoms. The number of aromatic nitrogens is 2. The summed E-state index contributed by atoms with van der Waals surface area (Å²) in [5, 5.41) is 9.05. The minimum absolute atomic E-state index is 0.0971. The lowest BCUT2D eigenvalue weighted by Gasteiger charge is -2.09. The number of carboxylic acids is 1. The van der Waals surface area contributed by atoms with Gasteiger partial charge in [-0.25, -0.2) is 9.59 Å². The number of ether oxygens (including phenoxy) is 1. The molecule has 21 heavy (non-hydrogen) atoms. The molecular formula is C15H18N2O4. The fourth-order valence-electron chi connectivity index (χ4n) is 2.01. The molecule has 0 saturated carbocycles. The molecule has 0 amide bonds. The Morgan fingerprint density at radius 2 is 2.00 bits per heavy atom. The quantitative estimate of drug-likeness (QED) is 0.883. The van der Waals surface area contributed by atoms with E-state index in [0.717, 1.165) is 0 Å². The van der Waals surface area contributed by atoms with Crippen LogP contribution in [-0.2, 0) is 6.54 Å². The maximum Gasteiger partial charge on any atom is 0.339 e. The summed E-state index contributed by atoms with van der Waals surface area (Å²) in [4.78, 5) is 23.1. The SMILES string of the molecule is CC(C)n1ccn(CCOc2ccccc2C(=O)O)c1=O. The van der Waals surface area contributed by atoms with Crippen LogP contribution in [0.3, 0.4) is 0 Å². The summed E-state index contributed by atoms with van der Waals surface area (Å²) in [6.07, 6.45) is 3.44. The van der Waals surface area contributed by atoms with E-state index in [4.69, 9.17) is 9.84 Å². The number of rotatable bonds is 6. The molecule has 2 rings (SSSR count). The average Bonchev–Trinajstić information content (AvgIpc) is 2.81. The summed E-state index contributed by atoms with van der Waals surface area (Å²) in [7, 11) is 0. The smallest absolute Gasteiger partial charge is 0.339 e. The zero-order chi connectivity index (χ0) is 15.4. The zero-order valence-corrected chi connectivity index (χ0v) is 12.0. The molecule has 0 aliphatic rings. The second-order valence-electron chi connectivity index (χ2n) is 4.92. The number of hydrogen-bond acceptors (Lipinski definition) is 3. The van der Waals surface area contributed by atoms with Gasteiger partial charge in [-0.1, -0.05) is 12.1 Å². The summed E-state index contributed by atoms with van der Waals surface area (Å²) >= 11 is 0. The van der Waals surface area contributed by atoms with Crippen LogP contribution in [0.4, 0.5) is 0 Å². The number of carboxylic acid groups (broad SMARTS) is 1. The Morgan fingerprint density at radius 3 is 2.62 bits per heavy atom. The molecule has 1 N–H and O–H groups in total. The molecule has 1 aromatic carbocycles. The van der Waals surface area contributed by atoms with Gasteiger partial charge in [0.2, 0.25) is 0 Å². The van der Waals surface area contributed by atoms with Crippen LogP contribution in [0.1, 0.15) is 30.2 Å². The molecule has 2 aromatic rings. The van der Waals surface area contributed by atoms with Crippen molar-refractivity contribution in [2.45, 2.75) is 26.4 Å². The highest BCUT2D eigenvalue weighted by Crippen LogP contribution is 2.17. The number of hydrogen-bond donors (Lipinski definition) is 1. The molecule has 0 atom stereocenters. The van der Waals surface area contributed by atoms with E-state index in [2.05, 4.69) is 0 Å². The first-order chi connectivity index (χ1) is 10.0. The molecule has 0 saturated heterocycles. The lowest BCUT2D eigenvalue weighted by Crippen LogP contribution is -2.27. The summed E-state index contributed by atoms with van der Waals surface area (Å²) in [5.74, 6) is -0.727. The zero-order valence-electron chi connectivity index (χ0n) is 12.0. The Kier molecular flexibility index (Phi) is 4.47. The van der Waals surface area contributed by atoms with Gasteiger partial charge in [0.15, 0.2) is 0 Å². The molecule has 0 aliphatic heterocycles. The number of para-hydroxylation sites is 1. The number of imidazole rings is 1. The number of nitrogens with zero attached hydrogens (tertiary/aromatic N) is 2. The second kappa shape index (κ2) is 6.30. The fourth-order valence-corrected chi connectivity index (χ4v) is 2.01. The first-order valence-electron chi connectivity index (χ1n) is 6.73. The van der Waals surface area contributed by atoms with Crippen LogP contribution in [0.25, 0.3) is 0 Å². The topological polar surface area (TPSA) is 73.5 Å². The predicted molar refractivity (Wildman–Crippen MR) is 78.0 cm³/mol. The van der Waals surface area contributed by atoms with Crippen LogP contribution in [0.2, 0.25) is 0 Å². The second-order valence-corrected chi connectivity index (χ2v) is 4.92. The van der Waals surface area contributed by atoms with Gasteiger partial charge >= 0.3 is 11.7 Å². The van der Waals surface area contributed by atoms with Crippen molar-refractivity contribution in [3.05, 3.63) is 52.7 Å². The first-order valence-corrected chi connectivity index (χ1v) is 6.73. The highest BCUT2D eigenvalue weighted by Gasteiger charge is 2.10. The van der Waals surface area contributed by atoms with Gasteiger partial charge in [0.05, 0.1) is 6.54 Å². The standard InChI is InChI=1S/C15H18N2O4/c1-11(2)17-8-7-16(15(17)20)9-10-21-13-6-4-3-5-12(13)14(18)19/h3-8,11H,9-10H2,1-2H3,(H,18,19). The Labute approximate surface area is 122 Å². The molecule has 0 unspecified atom stereocenters. The van der Waals surface area contributed by atoms with Crippen LogP contribution in [0.15, 0.2) is 41.5 Å². The molecule has 6 heteroatoms. The van der Waals surface area contributed by atoms with Gasteiger partial charge < -0.3 is 9.84 Å². The largest absolute Gasteiger partial charge is 0.491 e. The van der Waals surface area contributed by atoms with Gasteiger partial charge in [-0.15, -0.1) is 0 Å². The van der Waals surface area contributed by atoms with E-state index >= 15 is 0 Å². The van der Waals surface area contributed by atoms with Gasteiger partial charge in [0, 0.05) is 18.4 Å². The van der Waals surface area contributed by atoms with E-state index in [1.54, 1.807) is 39.7 Å². The van der Waals surface area contributed by atoms with E-state index < -0.39 is 5.97 Å². The van der Waals surface area contributed by atoms with Crippen molar-refractivity contribution in [1.82, 2.24) is 9.13 Å². The summed E-state index contributed by atoms with van der Waals surface area (Å²) in [5.41, 5.74) is 0.0183. The minimum Gasteiger partial charge on any atom is -0.491 e. The predicted octanol–water partition coefficient (Wildman–Crippen LogP) is 2.01. The molecule has 1 heterocycles. The van der Waals surface area contributed by atoms with Gasteiger partial charge in [-0.05, 0) is 26.0 Å². The molecule has 0 fully saturated rings. The van der Waals surface area contributed by atoms with Crippen molar-refractivity contribution < 1.29 is 14.6 Å². The molecule has 1 aromatic heterocycles. The van der Waals surface area contributed by atoms with Gasteiger partial charge in [0.25, 0.3) is 0 Å². The van der Waals surface area contributed by atoms with Crippen molar-refractivity contribution in [3.8, 4) is 5.75 Å². The monoisotopic (exact) mass is 290 g/mol.